The summed E-state index contributed by atoms with van der Waals surface area (Å²) in [6, 6.07) is 13.1. The van der Waals surface area contributed by atoms with Crippen molar-refractivity contribution in [2.24, 2.45) is 0 Å². The van der Waals surface area contributed by atoms with E-state index in [2.05, 4.69) is 4.90 Å². The molecule has 0 saturated carbocycles. The lowest BCUT2D eigenvalue weighted by Crippen LogP contribution is -2.49. The molecule has 1 fully saturated rings. The Bertz CT molecular complexity index is 632. The number of Topliss-reactive ketones (excluding diaryl/α,β-unsaturated/α-hetero) is 1. The predicted molar refractivity (Wildman–Crippen MR) is 87.4 cm³/mol. The van der Waals surface area contributed by atoms with Crippen LogP contribution in [-0.4, -0.2) is 54.2 Å². The van der Waals surface area contributed by atoms with Gasteiger partial charge in [-0.15, -0.1) is 11.3 Å². The van der Waals surface area contributed by atoms with Gasteiger partial charge in [0, 0.05) is 31.7 Å². The van der Waals surface area contributed by atoms with Gasteiger partial charge in [-0.1, -0.05) is 36.4 Å². The second-order valence-electron chi connectivity index (χ2n) is 5.33. The number of thiophene rings is 1. The van der Waals surface area contributed by atoms with Gasteiger partial charge in [-0.25, -0.2) is 0 Å². The van der Waals surface area contributed by atoms with Crippen LogP contribution in [-0.2, 0) is 0 Å². The molecule has 1 saturated heterocycles. The highest BCUT2D eigenvalue weighted by molar-refractivity contribution is 7.12. The van der Waals surface area contributed by atoms with E-state index in [0.717, 1.165) is 23.5 Å². The SMILES string of the molecule is O=C(CN1CCN(C(=O)c2cccs2)CC1)c1ccccc1. The molecular weight excluding hydrogens is 296 g/mol. The molecule has 0 bridgehead atoms. The maximum absolute atomic E-state index is 12.3. The predicted octanol–water partition coefficient (Wildman–Crippen LogP) is 2.39. The molecule has 114 valence electrons. The lowest BCUT2D eigenvalue weighted by molar-refractivity contribution is 0.0629. The van der Waals surface area contributed by atoms with E-state index in [1.165, 1.54) is 11.3 Å². The van der Waals surface area contributed by atoms with Crippen LogP contribution >= 0.6 is 11.3 Å². The second kappa shape index (κ2) is 6.85. The van der Waals surface area contributed by atoms with Crippen LogP contribution in [0.2, 0.25) is 0 Å². The molecule has 0 aliphatic carbocycles. The van der Waals surface area contributed by atoms with Gasteiger partial charge in [0.05, 0.1) is 11.4 Å². The van der Waals surface area contributed by atoms with Gasteiger partial charge < -0.3 is 4.90 Å². The van der Waals surface area contributed by atoms with Crippen molar-refractivity contribution >= 4 is 23.0 Å². The Morgan fingerprint density at radius 3 is 2.32 bits per heavy atom. The third-order valence-corrected chi connectivity index (χ3v) is 4.71. The maximum atomic E-state index is 12.3. The molecule has 1 aromatic carbocycles. The van der Waals surface area contributed by atoms with Gasteiger partial charge in [0.15, 0.2) is 5.78 Å². The summed E-state index contributed by atoms with van der Waals surface area (Å²) < 4.78 is 0. The molecule has 0 spiro atoms. The first-order valence-electron chi connectivity index (χ1n) is 7.37. The summed E-state index contributed by atoms with van der Waals surface area (Å²) in [6.07, 6.45) is 0. The van der Waals surface area contributed by atoms with Crippen LogP contribution in [0, 0.1) is 0 Å². The number of hydrogen-bond donors (Lipinski definition) is 0. The van der Waals surface area contributed by atoms with Crippen LogP contribution in [0.15, 0.2) is 47.8 Å². The molecule has 5 heteroatoms. The molecular formula is C17H18N2O2S. The number of nitrogens with zero attached hydrogens (tertiary/aromatic N) is 2. The first-order valence-corrected chi connectivity index (χ1v) is 8.25. The number of benzene rings is 1. The Hall–Kier alpha value is -1.98. The van der Waals surface area contributed by atoms with Crippen LogP contribution in [0.1, 0.15) is 20.0 Å². The van der Waals surface area contributed by atoms with Crippen molar-refractivity contribution < 1.29 is 9.59 Å². The summed E-state index contributed by atoms with van der Waals surface area (Å²) in [4.78, 5) is 29.2. The van der Waals surface area contributed by atoms with E-state index in [4.69, 9.17) is 0 Å². The molecule has 0 radical (unpaired) electrons. The fourth-order valence-electron chi connectivity index (χ4n) is 2.58. The largest absolute Gasteiger partial charge is 0.335 e. The lowest BCUT2D eigenvalue weighted by Gasteiger charge is -2.34. The average Bonchev–Trinajstić information content (AvgIpc) is 3.10. The molecule has 2 aromatic rings. The molecule has 1 amide bonds. The van der Waals surface area contributed by atoms with Crippen LogP contribution < -0.4 is 0 Å². The first kappa shape index (κ1) is 14.9. The zero-order valence-corrected chi connectivity index (χ0v) is 13.1. The third kappa shape index (κ3) is 3.43. The smallest absolute Gasteiger partial charge is 0.264 e. The van der Waals surface area contributed by atoms with E-state index in [1.54, 1.807) is 0 Å². The van der Waals surface area contributed by atoms with E-state index in [9.17, 15) is 9.59 Å². The highest BCUT2D eigenvalue weighted by atomic mass is 32.1. The monoisotopic (exact) mass is 314 g/mol. The van der Waals surface area contributed by atoms with Crippen LogP contribution in [0.4, 0.5) is 0 Å². The molecule has 3 rings (SSSR count). The quantitative estimate of drug-likeness (QED) is 0.814. The molecule has 1 aliphatic rings. The normalized spacial score (nSPS) is 15.7. The van der Waals surface area contributed by atoms with Gasteiger partial charge in [0.1, 0.15) is 0 Å². The van der Waals surface area contributed by atoms with Crippen molar-refractivity contribution in [2.45, 2.75) is 0 Å². The molecule has 0 atom stereocenters. The summed E-state index contributed by atoms with van der Waals surface area (Å²) >= 11 is 1.47. The number of hydrogen-bond acceptors (Lipinski definition) is 4. The number of carbonyl (C=O) groups excluding carboxylic acids is 2. The molecule has 1 aromatic heterocycles. The van der Waals surface area contributed by atoms with Gasteiger partial charge in [0.2, 0.25) is 0 Å². The summed E-state index contributed by atoms with van der Waals surface area (Å²) in [7, 11) is 0. The van der Waals surface area contributed by atoms with E-state index in [-0.39, 0.29) is 11.7 Å². The summed E-state index contributed by atoms with van der Waals surface area (Å²) in [5.74, 6) is 0.239. The zero-order chi connectivity index (χ0) is 15.4. The Labute approximate surface area is 134 Å². The number of rotatable bonds is 4. The van der Waals surface area contributed by atoms with Crippen LogP contribution in [0.3, 0.4) is 0 Å². The van der Waals surface area contributed by atoms with Gasteiger partial charge in [-0.05, 0) is 11.4 Å². The molecule has 4 nitrogen and oxygen atoms in total. The molecule has 0 N–H and O–H groups in total. The number of carbonyl (C=O) groups is 2. The fraction of sp³-hybridized carbons (Fsp3) is 0.294. The Morgan fingerprint density at radius 2 is 1.68 bits per heavy atom. The summed E-state index contributed by atoms with van der Waals surface area (Å²) in [6.45, 7) is 3.27. The van der Waals surface area contributed by atoms with Crippen molar-refractivity contribution in [1.82, 2.24) is 9.80 Å². The first-order chi connectivity index (χ1) is 10.7. The standard InChI is InChI=1S/C17H18N2O2S/c20-15(14-5-2-1-3-6-14)13-18-8-10-19(11-9-18)17(21)16-7-4-12-22-16/h1-7,12H,8-11,13H2. The Kier molecular flexibility index (Phi) is 4.65. The average molecular weight is 314 g/mol. The minimum absolute atomic E-state index is 0.101. The van der Waals surface area contributed by atoms with Gasteiger partial charge >= 0.3 is 0 Å². The third-order valence-electron chi connectivity index (χ3n) is 3.85. The number of ketones is 1. The minimum atomic E-state index is 0.101. The molecule has 1 aliphatic heterocycles. The summed E-state index contributed by atoms with van der Waals surface area (Å²) in [5, 5.41) is 1.92. The zero-order valence-electron chi connectivity index (χ0n) is 12.3. The summed E-state index contributed by atoms with van der Waals surface area (Å²) in [5.41, 5.74) is 0.750. The Morgan fingerprint density at radius 1 is 0.955 bits per heavy atom. The van der Waals surface area contributed by atoms with Gasteiger partial charge in [0.25, 0.3) is 5.91 Å². The van der Waals surface area contributed by atoms with Crippen LogP contribution in [0.5, 0.6) is 0 Å². The number of piperazine rings is 1. The van der Waals surface area contributed by atoms with Gasteiger partial charge in [-0.2, -0.15) is 0 Å². The van der Waals surface area contributed by atoms with Crippen molar-refractivity contribution in [3.63, 3.8) is 0 Å². The van der Waals surface area contributed by atoms with Crippen molar-refractivity contribution in [3.8, 4) is 0 Å². The second-order valence-corrected chi connectivity index (χ2v) is 6.28. The fourth-order valence-corrected chi connectivity index (χ4v) is 3.27. The highest BCUT2D eigenvalue weighted by Gasteiger charge is 2.23. The van der Waals surface area contributed by atoms with E-state index < -0.39 is 0 Å². The van der Waals surface area contributed by atoms with Crippen molar-refractivity contribution in [3.05, 3.63) is 58.3 Å². The minimum Gasteiger partial charge on any atom is -0.335 e. The van der Waals surface area contributed by atoms with Crippen molar-refractivity contribution in [1.29, 1.82) is 0 Å². The molecule has 2 heterocycles. The van der Waals surface area contributed by atoms with Crippen LogP contribution in [0.25, 0.3) is 0 Å². The molecule has 0 unspecified atom stereocenters. The van der Waals surface area contributed by atoms with E-state index in [0.29, 0.717) is 19.6 Å². The maximum Gasteiger partial charge on any atom is 0.264 e. The lowest BCUT2D eigenvalue weighted by atomic mass is 10.1. The van der Waals surface area contributed by atoms with E-state index in [1.807, 2.05) is 52.7 Å². The highest BCUT2D eigenvalue weighted by Crippen LogP contribution is 2.14. The van der Waals surface area contributed by atoms with Crippen molar-refractivity contribution in [2.75, 3.05) is 32.7 Å². The Balaban J connectivity index is 1.52. The van der Waals surface area contributed by atoms with Gasteiger partial charge in [-0.3, -0.25) is 14.5 Å². The van der Waals surface area contributed by atoms with E-state index >= 15 is 0 Å². The topological polar surface area (TPSA) is 40.6 Å². The molecule has 22 heavy (non-hydrogen) atoms. The number of amides is 1.